The summed E-state index contributed by atoms with van der Waals surface area (Å²) in [5.74, 6) is 0.464. The van der Waals surface area contributed by atoms with E-state index in [2.05, 4.69) is 0 Å². The molecule has 19 heavy (non-hydrogen) atoms. The lowest BCUT2D eigenvalue weighted by atomic mass is 10.1. The summed E-state index contributed by atoms with van der Waals surface area (Å²) in [4.78, 5) is 0. The van der Waals surface area contributed by atoms with Crippen molar-refractivity contribution in [3.63, 3.8) is 0 Å². The smallest absolute Gasteiger partial charge is 0.139 e. The van der Waals surface area contributed by atoms with Gasteiger partial charge in [-0.2, -0.15) is 0 Å². The molecule has 0 fully saturated rings. The van der Waals surface area contributed by atoms with E-state index in [4.69, 9.17) is 62.7 Å². The minimum atomic E-state index is 0.351. The molecule has 0 aliphatic carbocycles. The molecule has 0 N–H and O–H groups in total. The molecule has 0 unspecified atom stereocenters. The van der Waals surface area contributed by atoms with Crippen LogP contribution >= 0.6 is 58.0 Å². The van der Waals surface area contributed by atoms with Crippen molar-refractivity contribution in [1.29, 1.82) is 0 Å². The van der Waals surface area contributed by atoms with E-state index in [0.717, 1.165) is 5.56 Å². The predicted octanol–water partition coefficient (Wildman–Crippen LogP) is 6.63. The fraction of sp³-hybridized carbons (Fsp3) is 0.0769. The Balaban J connectivity index is 2.65. The number of rotatable bonds is 2. The van der Waals surface area contributed by atoms with Crippen molar-refractivity contribution in [2.75, 3.05) is 7.11 Å². The zero-order valence-corrected chi connectivity index (χ0v) is 13.4. The highest BCUT2D eigenvalue weighted by Gasteiger charge is 2.13. The molecule has 0 aliphatic rings. The van der Waals surface area contributed by atoms with Gasteiger partial charge in [0.2, 0.25) is 0 Å². The van der Waals surface area contributed by atoms with Crippen molar-refractivity contribution in [2.24, 2.45) is 0 Å². The minimum Gasteiger partial charge on any atom is -0.495 e. The molecular formula is C13H7Cl5O. The molecule has 0 bridgehead atoms. The minimum absolute atomic E-state index is 0.351. The number of hydrogen-bond acceptors (Lipinski definition) is 1. The van der Waals surface area contributed by atoms with Crippen LogP contribution in [0.2, 0.25) is 25.1 Å². The van der Waals surface area contributed by atoms with Crippen LogP contribution in [-0.4, -0.2) is 7.11 Å². The molecule has 100 valence electrons. The summed E-state index contributed by atoms with van der Waals surface area (Å²) in [6.45, 7) is 0. The Morgan fingerprint density at radius 3 is 2.00 bits per heavy atom. The molecule has 0 amide bonds. The molecule has 0 aliphatic heterocycles. The average Bonchev–Trinajstić information content (AvgIpc) is 2.37. The zero-order chi connectivity index (χ0) is 14.2. The van der Waals surface area contributed by atoms with E-state index >= 15 is 0 Å². The standard InChI is InChI=1S/C13H7Cl5O/c1-19-12-3-6(2-11(17)13(12)18)7-4-9(15)10(16)5-8(7)14/h2-5H,1H3. The van der Waals surface area contributed by atoms with Gasteiger partial charge in [0.15, 0.2) is 0 Å². The van der Waals surface area contributed by atoms with Gasteiger partial charge in [0.25, 0.3) is 0 Å². The Bertz CT molecular complexity index is 639. The Morgan fingerprint density at radius 1 is 0.737 bits per heavy atom. The first-order chi connectivity index (χ1) is 8.93. The second-order valence-corrected chi connectivity index (χ2v) is 5.73. The van der Waals surface area contributed by atoms with E-state index in [1.807, 2.05) is 0 Å². The van der Waals surface area contributed by atoms with E-state index in [1.54, 1.807) is 24.3 Å². The molecule has 0 aromatic heterocycles. The fourth-order valence-corrected chi connectivity index (χ4v) is 2.66. The maximum Gasteiger partial charge on any atom is 0.139 e. The molecule has 0 heterocycles. The van der Waals surface area contributed by atoms with Gasteiger partial charge in [-0.3, -0.25) is 0 Å². The van der Waals surface area contributed by atoms with Crippen LogP contribution in [0.3, 0.4) is 0 Å². The maximum absolute atomic E-state index is 6.16. The summed E-state index contributed by atoms with van der Waals surface area (Å²) in [7, 11) is 1.51. The van der Waals surface area contributed by atoms with Crippen LogP contribution in [0.1, 0.15) is 0 Å². The van der Waals surface area contributed by atoms with Crippen LogP contribution in [-0.2, 0) is 0 Å². The molecule has 0 saturated heterocycles. The predicted molar refractivity (Wildman–Crippen MR) is 83.5 cm³/mol. The molecule has 0 spiro atoms. The van der Waals surface area contributed by atoms with E-state index in [9.17, 15) is 0 Å². The van der Waals surface area contributed by atoms with Gasteiger partial charge >= 0.3 is 0 Å². The number of ether oxygens (including phenoxy) is 1. The second-order valence-electron chi connectivity index (χ2n) is 3.72. The van der Waals surface area contributed by atoms with Gasteiger partial charge in [0.05, 0.1) is 22.2 Å². The van der Waals surface area contributed by atoms with Crippen LogP contribution in [0.25, 0.3) is 11.1 Å². The van der Waals surface area contributed by atoms with Gasteiger partial charge in [-0.1, -0.05) is 58.0 Å². The normalized spacial score (nSPS) is 10.6. The Labute approximate surface area is 135 Å². The summed E-state index contributed by atoms with van der Waals surface area (Å²) in [5, 5.41) is 1.99. The molecule has 1 nitrogen and oxygen atoms in total. The van der Waals surface area contributed by atoms with E-state index < -0.39 is 0 Å². The van der Waals surface area contributed by atoms with Gasteiger partial charge in [-0.15, -0.1) is 0 Å². The first-order valence-electron chi connectivity index (χ1n) is 5.12. The van der Waals surface area contributed by atoms with Crippen molar-refractivity contribution in [2.45, 2.75) is 0 Å². The maximum atomic E-state index is 6.16. The van der Waals surface area contributed by atoms with Crippen LogP contribution in [0.5, 0.6) is 5.75 Å². The quantitative estimate of drug-likeness (QED) is 0.549. The van der Waals surface area contributed by atoms with Crippen molar-refractivity contribution < 1.29 is 4.74 Å². The lowest BCUT2D eigenvalue weighted by Gasteiger charge is -2.11. The van der Waals surface area contributed by atoms with Crippen LogP contribution in [0, 0.1) is 0 Å². The van der Waals surface area contributed by atoms with Crippen LogP contribution in [0.4, 0.5) is 0 Å². The molecule has 2 rings (SSSR count). The Kier molecular flexibility index (Phi) is 4.75. The van der Waals surface area contributed by atoms with E-state index in [-0.39, 0.29) is 0 Å². The number of benzene rings is 2. The summed E-state index contributed by atoms with van der Waals surface area (Å²) >= 11 is 30.1. The van der Waals surface area contributed by atoms with Crippen molar-refractivity contribution in [3.8, 4) is 16.9 Å². The Morgan fingerprint density at radius 2 is 1.37 bits per heavy atom. The van der Waals surface area contributed by atoms with Crippen molar-refractivity contribution in [3.05, 3.63) is 49.4 Å². The fourth-order valence-electron chi connectivity index (χ4n) is 1.61. The van der Waals surface area contributed by atoms with E-state index in [1.165, 1.54) is 7.11 Å². The molecule has 0 radical (unpaired) electrons. The molecule has 2 aromatic carbocycles. The third-order valence-corrected chi connectivity index (χ3v) is 4.36. The number of halogens is 5. The summed E-state index contributed by atoms with van der Waals surface area (Å²) in [6, 6.07) is 6.68. The summed E-state index contributed by atoms with van der Waals surface area (Å²) in [5.41, 5.74) is 1.45. The molecule has 6 heteroatoms. The van der Waals surface area contributed by atoms with Crippen LogP contribution in [0.15, 0.2) is 24.3 Å². The Hall–Kier alpha value is -0.310. The summed E-state index contributed by atoms with van der Waals surface area (Å²) in [6.07, 6.45) is 0. The van der Waals surface area contributed by atoms with Crippen LogP contribution < -0.4 is 4.74 Å². The molecule has 0 saturated carbocycles. The van der Waals surface area contributed by atoms with Gasteiger partial charge < -0.3 is 4.74 Å². The summed E-state index contributed by atoms with van der Waals surface area (Å²) < 4.78 is 5.16. The van der Waals surface area contributed by atoms with Gasteiger partial charge in [-0.05, 0) is 29.8 Å². The first kappa shape index (κ1) is 15.1. The number of methoxy groups -OCH3 is 1. The van der Waals surface area contributed by atoms with Gasteiger partial charge in [-0.25, -0.2) is 0 Å². The third-order valence-electron chi connectivity index (χ3n) is 2.54. The zero-order valence-electron chi connectivity index (χ0n) is 9.61. The SMILES string of the molecule is COc1cc(-c2cc(Cl)c(Cl)cc2Cl)cc(Cl)c1Cl. The lowest BCUT2D eigenvalue weighted by molar-refractivity contribution is 0.415. The molecule has 0 atom stereocenters. The van der Waals surface area contributed by atoms with Crippen molar-refractivity contribution in [1.82, 2.24) is 0 Å². The first-order valence-corrected chi connectivity index (χ1v) is 7.01. The van der Waals surface area contributed by atoms with Gasteiger partial charge in [0.1, 0.15) is 10.8 Å². The average molecular weight is 356 g/mol. The largest absolute Gasteiger partial charge is 0.495 e. The third kappa shape index (κ3) is 3.07. The van der Waals surface area contributed by atoms with Gasteiger partial charge in [0, 0.05) is 10.6 Å². The lowest BCUT2D eigenvalue weighted by Crippen LogP contribution is -1.88. The molecule has 2 aromatic rings. The monoisotopic (exact) mass is 354 g/mol. The highest BCUT2D eigenvalue weighted by molar-refractivity contribution is 6.44. The van der Waals surface area contributed by atoms with E-state index in [0.29, 0.717) is 36.4 Å². The highest BCUT2D eigenvalue weighted by atomic mass is 35.5. The second kappa shape index (κ2) is 5.99. The van der Waals surface area contributed by atoms with Crippen molar-refractivity contribution >= 4 is 58.0 Å². The number of hydrogen-bond donors (Lipinski definition) is 0. The topological polar surface area (TPSA) is 9.23 Å². The molecular weight excluding hydrogens is 349 g/mol. The highest BCUT2D eigenvalue weighted by Crippen LogP contribution is 2.41.